The molecule has 0 bridgehead atoms. The van der Waals surface area contributed by atoms with Gasteiger partial charge in [-0.25, -0.2) is 19.2 Å². The Kier molecular flexibility index (Phi) is 7.28. The Morgan fingerprint density at radius 1 is 1.20 bits per heavy atom. The van der Waals surface area contributed by atoms with Gasteiger partial charge in [0.2, 0.25) is 0 Å². The molecule has 1 fully saturated rings. The highest BCUT2D eigenvalue weighted by atomic mass is 35.5. The van der Waals surface area contributed by atoms with E-state index in [1.54, 1.807) is 29.2 Å². The summed E-state index contributed by atoms with van der Waals surface area (Å²) in [5, 5.41) is 13.0. The summed E-state index contributed by atoms with van der Waals surface area (Å²) in [7, 11) is 0. The number of nitrogens with zero attached hydrogens (tertiary/aromatic N) is 4. The summed E-state index contributed by atoms with van der Waals surface area (Å²) >= 11 is 6.63. The Labute approximate surface area is 208 Å². The molecular formula is C25H29ClFN5O3. The van der Waals surface area contributed by atoms with Gasteiger partial charge in [0.05, 0.1) is 11.6 Å². The number of aliphatic hydroxyl groups excluding tert-OH is 1. The van der Waals surface area contributed by atoms with Crippen LogP contribution in [0.3, 0.4) is 0 Å². The summed E-state index contributed by atoms with van der Waals surface area (Å²) in [5.74, 6) is 0.0275. The lowest BCUT2D eigenvalue weighted by Gasteiger charge is -2.36. The Morgan fingerprint density at radius 2 is 1.91 bits per heavy atom. The number of anilines is 2. The van der Waals surface area contributed by atoms with Gasteiger partial charge in [0.25, 0.3) is 0 Å². The van der Waals surface area contributed by atoms with Crippen LogP contribution in [-0.4, -0.2) is 71.0 Å². The summed E-state index contributed by atoms with van der Waals surface area (Å²) < 4.78 is 21.3. The second-order valence-corrected chi connectivity index (χ2v) is 9.70. The second kappa shape index (κ2) is 10.2. The van der Waals surface area contributed by atoms with Crippen LogP contribution in [0.25, 0.3) is 22.0 Å². The van der Waals surface area contributed by atoms with Crippen LogP contribution in [0.5, 0.6) is 0 Å². The quantitative estimate of drug-likeness (QED) is 0.530. The lowest BCUT2D eigenvalue weighted by atomic mass is 10.0. The van der Waals surface area contributed by atoms with E-state index >= 15 is 4.39 Å². The maximum Gasteiger partial charge on any atom is 0.410 e. The molecule has 1 aliphatic rings. The maximum absolute atomic E-state index is 15.9. The molecule has 0 aliphatic carbocycles. The molecular weight excluding hydrogens is 473 g/mol. The Balaban J connectivity index is 1.65. The summed E-state index contributed by atoms with van der Waals surface area (Å²) in [4.78, 5) is 24.7. The number of carbonyl (C=O) groups is 1. The Bertz CT molecular complexity index is 1230. The van der Waals surface area contributed by atoms with Gasteiger partial charge < -0.3 is 25.0 Å². The van der Waals surface area contributed by atoms with Gasteiger partial charge in [-0.3, -0.25) is 0 Å². The Morgan fingerprint density at radius 3 is 2.60 bits per heavy atom. The number of piperazine rings is 1. The number of fused-ring (bicyclic) bond motifs is 1. The first kappa shape index (κ1) is 24.9. The fourth-order valence-corrected chi connectivity index (χ4v) is 4.38. The molecule has 2 N–H and O–H groups in total. The summed E-state index contributed by atoms with van der Waals surface area (Å²) in [6, 6.07) is 8.89. The average molecular weight is 502 g/mol. The van der Waals surface area contributed by atoms with Crippen LogP contribution in [-0.2, 0) is 4.74 Å². The highest BCUT2D eigenvalue weighted by molar-refractivity contribution is 6.34. The predicted octanol–water partition coefficient (Wildman–Crippen LogP) is 4.55. The van der Waals surface area contributed by atoms with Crippen molar-refractivity contribution in [2.75, 3.05) is 49.5 Å². The third-order valence-electron chi connectivity index (χ3n) is 5.65. The average Bonchev–Trinajstić information content (AvgIpc) is 2.82. The molecule has 1 amide bonds. The molecule has 1 saturated heterocycles. The fourth-order valence-electron chi connectivity index (χ4n) is 4.09. The first-order chi connectivity index (χ1) is 16.7. The molecule has 1 aromatic heterocycles. The van der Waals surface area contributed by atoms with Crippen molar-refractivity contribution in [1.29, 1.82) is 0 Å². The van der Waals surface area contributed by atoms with Crippen molar-refractivity contribution in [3.05, 3.63) is 47.5 Å². The molecule has 35 heavy (non-hydrogen) atoms. The van der Waals surface area contributed by atoms with Crippen LogP contribution >= 0.6 is 11.6 Å². The van der Waals surface area contributed by atoms with Crippen molar-refractivity contribution in [3.8, 4) is 11.1 Å². The van der Waals surface area contributed by atoms with E-state index in [1.807, 2.05) is 31.7 Å². The van der Waals surface area contributed by atoms with E-state index in [0.717, 1.165) is 0 Å². The van der Waals surface area contributed by atoms with Crippen LogP contribution in [0.15, 0.2) is 36.7 Å². The van der Waals surface area contributed by atoms with Crippen LogP contribution in [0.1, 0.15) is 20.8 Å². The number of amides is 1. The van der Waals surface area contributed by atoms with Gasteiger partial charge in [-0.2, -0.15) is 0 Å². The van der Waals surface area contributed by atoms with E-state index in [4.69, 9.17) is 16.3 Å². The highest BCUT2D eigenvalue weighted by Gasteiger charge is 2.28. The third kappa shape index (κ3) is 5.41. The summed E-state index contributed by atoms with van der Waals surface area (Å²) in [6.07, 6.45) is 0.992. The van der Waals surface area contributed by atoms with Gasteiger partial charge in [0, 0.05) is 54.9 Å². The number of rotatable bonds is 5. The highest BCUT2D eigenvalue weighted by Crippen LogP contribution is 2.40. The number of hydrogen-bond donors (Lipinski definition) is 2. The number of benzene rings is 2. The first-order valence-corrected chi connectivity index (χ1v) is 11.9. The molecule has 10 heteroatoms. The van der Waals surface area contributed by atoms with Gasteiger partial charge >= 0.3 is 6.09 Å². The fraction of sp³-hybridized carbons (Fsp3) is 0.400. The van der Waals surface area contributed by atoms with Crippen LogP contribution in [0.2, 0.25) is 5.02 Å². The van der Waals surface area contributed by atoms with Gasteiger partial charge in [-0.1, -0.05) is 29.8 Å². The van der Waals surface area contributed by atoms with Crippen molar-refractivity contribution in [3.63, 3.8) is 0 Å². The number of nitrogens with one attached hydrogen (secondary N) is 1. The van der Waals surface area contributed by atoms with Gasteiger partial charge in [-0.05, 0) is 32.9 Å². The maximum atomic E-state index is 15.9. The van der Waals surface area contributed by atoms with Crippen molar-refractivity contribution in [2.45, 2.75) is 26.4 Å². The standard InChI is InChI=1S/C25H29ClFN5O3/c1-25(2,3)35-24(34)32-11-9-31(10-12-32)23-17-14-18(26)20(21(27)22(17)29-15-30-23)16-6-4-5-7-19(16)28-8-13-33/h4-7,14-15,28,33H,8-13H2,1-3H3. The molecule has 0 radical (unpaired) electrons. The number of aromatic nitrogens is 2. The predicted molar refractivity (Wildman–Crippen MR) is 136 cm³/mol. The van der Waals surface area contributed by atoms with Crippen molar-refractivity contribution >= 4 is 40.1 Å². The first-order valence-electron chi connectivity index (χ1n) is 11.5. The smallest absolute Gasteiger partial charge is 0.410 e. The van der Waals surface area contributed by atoms with E-state index in [2.05, 4.69) is 15.3 Å². The number of halogens is 2. The molecule has 2 heterocycles. The lowest BCUT2D eigenvalue weighted by molar-refractivity contribution is 0.0240. The summed E-state index contributed by atoms with van der Waals surface area (Å²) in [6.45, 7) is 7.72. The zero-order valence-corrected chi connectivity index (χ0v) is 20.8. The SMILES string of the molecule is CC(C)(C)OC(=O)N1CCN(c2ncnc3c(F)c(-c4ccccc4NCCO)c(Cl)cc23)CC1. The van der Waals surface area contributed by atoms with Crippen molar-refractivity contribution in [1.82, 2.24) is 14.9 Å². The molecule has 186 valence electrons. The number of para-hydroxylation sites is 1. The number of hydrogen-bond acceptors (Lipinski definition) is 7. The zero-order chi connectivity index (χ0) is 25.2. The Hall–Kier alpha value is -3.17. The molecule has 3 aromatic rings. The summed E-state index contributed by atoms with van der Waals surface area (Å²) in [5.41, 5.74) is 1.08. The molecule has 0 saturated carbocycles. The molecule has 0 unspecified atom stereocenters. The molecule has 0 atom stereocenters. The minimum atomic E-state index is -0.560. The second-order valence-electron chi connectivity index (χ2n) is 9.29. The molecule has 1 aliphatic heterocycles. The van der Waals surface area contributed by atoms with Crippen molar-refractivity contribution < 1.29 is 19.0 Å². The van der Waals surface area contributed by atoms with Gasteiger partial charge in [0.1, 0.15) is 23.3 Å². The van der Waals surface area contributed by atoms with E-state index in [0.29, 0.717) is 55.2 Å². The number of ether oxygens (including phenoxy) is 1. The van der Waals surface area contributed by atoms with E-state index in [-0.39, 0.29) is 28.8 Å². The topological polar surface area (TPSA) is 90.8 Å². The van der Waals surface area contributed by atoms with Gasteiger partial charge in [-0.15, -0.1) is 0 Å². The molecule has 4 rings (SSSR count). The number of carbonyl (C=O) groups excluding carboxylic acids is 1. The molecule has 0 spiro atoms. The van der Waals surface area contributed by atoms with E-state index in [9.17, 15) is 9.90 Å². The lowest BCUT2D eigenvalue weighted by Crippen LogP contribution is -2.50. The van der Waals surface area contributed by atoms with Gasteiger partial charge in [0.15, 0.2) is 5.82 Å². The minimum absolute atomic E-state index is 0.0555. The third-order valence-corrected chi connectivity index (χ3v) is 5.95. The number of aliphatic hydroxyl groups is 1. The van der Waals surface area contributed by atoms with Crippen LogP contribution < -0.4 is 10.2 Å². The van der Waals surface area contributed by atoms with Crippen LogP contribution in [0.4, 0.5) is 20.7 Å². The monoisotopic (exact) mass is 501 g/mol. The largest absolute Gasteiger partial charge is 0.444 e. The normalized spacial score (nSPS) is 14.3. The molecule has 8 nitrogen and oxygen atoms in total. The van der Waals surface area contributed by atoms with E-state index < -0.39 is 11.4 Å². The molecule has 2 aromatic carbocycles. The van der Waals surface area contributed by atoms with Crippen molar-refractivity contribution in [2.24, 2.45) is 0 Å². The van der Waals surface area contributed by atoms with E-state index in [1.165, 1.54) is 6.33 Å². The van der Waals surface area contributed by atoms with Crippen LogP contribution in [0, 0.1) is 5.82 Å². The minimum Gasteiger partial charge on any atom is -0.444 e. The zero-order valence-electron chi connectivity index (χ0n) is 20.0.